The fourth-order valence-electron chi connectivity index (χ4n) is 6.38. The Kier molecular flexibility index (Phi) is 44.1. The van der Waals surface area contributed by atoms with Gasteiger partial charge in [0.15, 0.2) is 0 Å². The largest absolute Gasteiger partial charge is 0.356 e. The van der Waals surface area contributed by atoms with Gasteiger partial charge in [-0.25, -0.2) is 0 Å². The van der Waals surface area contributed by atoms with Crippen LogP contribution in [0.5, 0.6) is 0 Å². The second-order valence-electron chi connectivity index (χ2n) is 16.1. The molecule has 0 radical (unpaired) electrons. The van der Waals surface area contributed by atoms with Crippen LogP contribution in [0.1, 0.15) is 181 Å². The minimum atomic E-state index is -0.626. The second-order valence-corrected chi connectivity index (χ2v) is 18.8. The van der Waals surface area contributed by atoms with Crippen LogP contribution in [0.15, 0.2) is 48.6 Å². The third-order valence-electron chi connectivity index (χ3n) is 9.89. The lowest BCUT2D eigenvalue weighted by Gasteiger charge is -2.19. The van der Waals surface area contributed by atoms with Gasteiger partial charge in [-0.2, -0.15) is 0 Å². The van der Waals surface area contributed by atoms with Gasteiger partial charge in [-0.15, -0.1) is 0 Å². The molecule has 0 rings (SSSR count). The van der Waals surface area contributed by atoms with E-state index in [2.05, 4.69) is 83.7 Å². The van der Waals surface area contributed by atoms with Gasteiger partial charge in [-0.1, -0.05) is 148 Å². The van der Waals surface area contributed by atoms with Crippen molar-refractivity contribution in [3.8, 4) is 0 Å². The van der Waals surface area contributed by atoms with E-state index in [0.29, 0.717) is 51.9 Å². The molecule has 11 heteroatoms. The Morgan fingerprint density at radius 2 is 0.917 bits per heavy atom. The molecule has 0 aromatic rings. The molecule has 1 atom stereocenters. The Labute approximate surface area is 376 Å². The van der Waals surface area contributed by atoms with Crippen molar-refractivity contribution >= 4 is 45.2 Å². The number of hydrogen-bond donors (Lipinski definition) is 4. The lowest BCUT2D eigenvalue weighted by atomic mass is 10.1. The van der Waals surface area contributed by atoms with Gasteiger partial charge in [0.25, 0.3) is 0 Å². The summed E-state index contributed by atoms with van der Waals surface area (Å²) in [5.41, 5.74) is 0. The molecule has 0 aliphatic carbocycles. The minimum Gasteiger partial charge on any atom is -0.356 e. The summed E-state index contributed by atoms with van der Waals surface area (Å²) in [5, 5.41) is 11.9. The number of amides is 4. The topological polar surface area (TPSA) is 120 Å². The van der Waals surface area contributed by atoms with Gasteiger partial charge in [-0.05, 0) is 104 Å². The first kappa shape index (κ1) is 57.5. The summed E-state index contributed by atoms with van der Waals surface area (Å²) in [6.45, 7) is 6.43. The van der Waals surface area contributed by atoms with E-state index in [1.165, 1.54) is 70.6 Å². The predicted octanol–water partition coefficient (Wildman–Crippen LogP) is 11.2. The fourth-order valence-corrected chi connectivity index (χ4v) is 8.20. The van der Waals surface area contributed by atoms with E-state index in [0.717, 1.165) is 82.1 Å². The van der Waals surface area contributed by atoms with Crippen LogP contribution in [0.25, 0.3) is 0 Å². The first-order valence-corrected chi connectivity index (χ1v) is 26.4. The molecule has 0 aromatic heterocycles. The summed E-state index contributed by atoms with van der Waals surface area (Å²) in [7, 11) is 7.04. The van der Waals surface area contributed by atoms with Crippen LogP contribution in [0.3, 0.4) is 0 Å². The van der Waals surface area contributed by atoms with Crippen molar-refractivity contribution in [3.63, 3.8) is 0 Å². The van der Waals surface area contributed by atoms with Crippen molar-refractivity contribution in [2.75, 3.05) is 51.8 Å². The second kappa shape index (κ2) is 46.0. The first-order valence-electron chi connectivity index (χ1n) is 23.9. The lowest BCUT2D eigenvalue weighted by molar-refractivity contribution is -0.129. The van der Waals surface area contributed by atoms with Crippen molar-refractivity contribution in [2.45, 2.75) is 187 Å². The van der Waals surface area contributed by atoms with Gasteiger partial charge < -0.3 is 26.2 Å². The molecule has 0 saturated heterocycles. The van der Waals surface area contributed by atoms with Gasteiger partial charge >= 0.3 is 0 Å². The number of unbranched alkanes of at least 4 members (excludes halogenated alkanes) is 16. The van der Waals surface area contributed by atoms with Crippen molar-refractivity contribution in [1.29, 1.82) is 0 Å². The minimum absolute atomic E-state index is 0.0120. The molecule has 9 nitrogen and oxygen atoms in total. The number of likely N-dealkylation sites (N-methyl/N-ethyl adjacent to an activating group) is 1. The highest BCUT2D eigenvalue weighted by Crippen LogP contribution is 2.19. The van der Waals surface area contributed by atoms with E-state index >= 15 is 0 Å². The summed E-state index contributed by atoms with van der Waals surface area (Å²) in [5.74, 6) is 1.30. The zero-order valence-corrected chi connectivity index (χ0v) is 40.4. The zero-order chi connectivity index (χ0) is 44.0. The van der Waals surface area contributed by atoms with Crippen LogP contribution in [0, 0.1) is 0 Å². The molecule has 346 valence electrons. The highest BCUT2D eigenvalue weighted by atomic mass is 33.1. The molecule has 60 heavy (non-hydrogen) atoms. The number of hydrogen-bond acceptors (Lipinski definition) is 7. The average molecular weight is 876 g/mol. The Balaban J connectivity index is 4.42. The monoisotopic (exact) mass is 876 g/mol. The molecule has 4 amide bonds. The summed E-state index contributed by atoms with van der Waals surface area (Å²) < 4.78 is 0. The standard InChI is InChI=1S/C49H89N5O4S2/c1-5-7-9-11-13-15-17-19-21-23-25-27-29-31-33-37-46(55)50-39-35-36-45(49(58)52-41-43-60-59-42-40-51-48(57)44-54(3)4)53-47(56)38-34-32-30-28-26-24-22-20-18-16-14-12-10-8-6-2/h13-16,19-22,45H,5-12,17-18,23-44H2,1-4H3,(H,50,55)(H,51,57)(H,52,58)(H,53,56)/b15-13-,16-14-,21-19-,22-20-. The first-order chi connectivity index (χ1) is 29.3. The normalized spacial score (nSPS) is 12.3. The quantitative estimate of drug-likeness (QED) is 0.0274. The molecule has 0 aromatic carbocycles. The molecule has 4 N–H and O–H groups in total. The maximum Gasteiger partial charge on any atom is 0.242 e. The van der Waals surface area contributed by atoms with Gasteiger partial charge in [-0.3, -0.25) is 19.2 Å². The van der Waals surface area contributed by atoms with Crippen LogP contribution in [0.4, 0.5) is 0 Å². The van der Waals surface area contributed by atoms with Crippen LogP contribution >= 0.6 is 21.6 Å². The van der Waals surface area contributed by atoms with Crippen molar-refractivity contribution in [1.82, 2.24) is 26.2 Å². The maximum absolute atomic E-state index is 13.2. The van der Waals surface area contributed by atoms with Crippen molar-refractivity contribution < 1.29 is 19.2 Å². The molecule has 0 bridgehead atoms. The molecular weight excluding hydrogens is 787 g/mol. The Morgan fingerprint density at radius 3 is 1.42 bits per heavy atom. The van der Waals surface area contributed by atoms with Crippen LogP contribution in [-0.2, 0) is 19.2 Å². The molecule has 0 saturated carbocycles. The number of nitrogens with one attached hydrogen (secondary N) is 4. The number of carbonyl (C=O) groups is 4. The summed E-state index contributed by atoms with van der Waals surface area (Å²) in [6.07, 6.45) is 45.4. The Hall–Kier alpha value is -2.50. The van der Waals surface area contributed by atoms with Gasteiger partial charge in [0.1, 0.15) is 6.04 Å². The van der Waals surface area contributed by atoms with E-state index in [1.807, 2.05) is 19.0 Å². The maximum atomic E-state index is 13.2. The van der Waals surface area contributed by atoms with Crippen molar-refractivity contribution in [2.24, 2.45) is 0 Å². The van der Waals surface area contributed by atoms with E-state index in [4.69, 9.17) is 0 Å². The smallest absolute Gasteiger partial charge is 0.242 e. The average Bonchev–Trinajstić information content (AvgIpc) is 3.22. The summed E-state index contributed by atoms with van der Waals surface area (Å²) in [4.78, 5) is 52.2. The third-order valence-corrected chi connectivity index (χ3v) is 12.3. The number of carbonyl (C=O) groups excluding carboxylic acids is 4. The molecule has 1 unspecified atom stereocenters. The Bertz CT molecular complexity index is 1160. The third kappa shape index (κ3) is 43.6. The van der Waals surface area contributed by atoms with Gasteiger partial charge in [0.2, 0.25) is 23.6 Å². The molecule has 0 aliphatic heterocycles. The van der Waals surface area contributed by atoms with E-state index in [1.54, 1.807) is 21.6 Å². The van der Waals surface area contributed by atoms with E-state index in [9.17, 15) is 19.2 Å². The lowest BCUT2D eigenvalue weighted by Crippen LogP contribution is -2.47. The molecule has 0 aliphatic rings. The Morgan fingerprint density at radius 1 is 0.483 bits per heavy atom. The highest BCUT2D eigenvalue weighted by Gasteiger charge is 2.20. The van der Waals surface area contributed by atoms with Crippen LogP contribution < -0.4 is 21.3 Å². The summed E-state index contributed by atoms with van der Waals surface area (Å²) in [6, 6.07) is -0.626. The van der Waals surface area contributed by atoms with Gasteiger partial charge in [0, 0.05) is 44.0 Å². The van der Waals surface area contributed by atoms with Crippen LogP contribution in [0.2, 0.25) is 0 Å². The molecule has 0 spiro atoms. The van der Waals surface area contributed by atoms with Crippen molar-refractivity contribution in [3.05, 3.63) is 48.6 Å². The SMILES string of the molecule is CCCCC/C=C\C/C=C\CCCCCCCC(=O)NCCCC(NC(=O)CCCCCCC/C=C\C/C=C\CCCCC)C(=O)NCCSSCCNC(=O)CN(C)C. The number of rotatable bonds is 43. The van der Waals surface area contributed by atoms with Crippen LogP contribution in [-0.4, -0.2) is 86.4 Å². The van der Waals surface area contributed by atoms with E-state index < -0.39 is 6.04 Å². The zero-order valence-electron chi connectivity index (χ0n) is 38.7. The molecule has 0 fully saturated rings. The predicted molar refractivity (Wildman–Crippen MR) is 262 cm³/mol. The van der Waals surface area contributed by atoms with Gasteiger partial charge in [0.05, 0.1) is 6.54 Å². The van der Waals surface area contributed by atoms with E-state index in [-0.39, 0.29) is 23.6 Å². The number of allylic oxidation sites excluding steroid dienone is 8. The molecule has 0 heterocycles. The molecular formula is C49H89N5O4S2. The fraction of sp³-hybridized carbons (Fsp3) is 0.755. The number of nitrogens with zero attached hydrogens (tertiary/aromatic N) is 1. The highest BCUT2D eigenvalue weighted by molar-refractivity contribution is 8.76. The summed E-state index contributed by atoms with van der Waals surface area (Å²) >= 11 is 0.